The van der Waals surface area contributed by atoms with Crippen LogP contribution in [0.25, 0.3) is 11.1 Å². The van der Waals surface area contributed by atoms with Gasteiger partial charge in [0.05, 0.1) is 10.6 Å². The van der Waals surface area contributed by atoms with Gasteiger partial charge in [0.25, 0.3) is 10.0 Å². The predicted octanol–water partition coefficient (Wildman–Crippen LogP) is 5.39. The third-order valence-corrected chi connectivity index (χ3v) is 6.15. The van der Waals surface area contributed by atoms with Gasteiger partial charge in [-0.1, -0.05) is 18.2 Å². The first-order chi connectivity index (χ1) is 14.5. The maximum atomic E-state index is 14.9. The van der Waals surface area contributed by atoms with Crippen molar-refractivity contribution >= 4 is 21.4 Å². The lowest BCUT2D eigenvalue weighted by Crippen LogP contribution is -2.17. The highest BCUT2D eigenvalue weighted by Gasteiger charge is 2.29. The summed E-state index contributed by atoms with van der Waals surface area (Å²) in [5.41, 5.74) is 0.396. The molecule has 0 spiro atoms. The van der Waals surface area contributed by atoms with Gasteiger partial charge in [-0.2, -0.15) is 0 Å². The monoisotopic (exact) mass is 452 g/mol. The Morgan fingerprint density at radius 2 is 1.32 bits per heavy atom. The minimum absolute atomic E-state index is 0.00154. The molecule has 9 heteroatoms. The summed E-state index contributed by atoms with van der Waals surface area (Å²) in [6, 6.07) is 9.82. The Bertz CT molecular complexity index is 1240. The molecule has 0 aromatic heterocycles. The highest BCUT2D eigenvalue weighted by Crippen LogP contribution is 2.40. The molecule has 3 aromatic rings. The second-order valence-corrected chi connectivity index (χ2v) is 8.96. The molecule has 0 aliphatic carbocycles. The maximum absolute atomic E-state index is 14.9. The normalized spacial score (nSPS) is 11.5. The second kappa shape index (κ2) is 8.22. The van der Waals surface area contributed by atoms with Gasteiger partial charge in [-0.3, -0.25) is 4.72 Å². The fourth-order valence-corrected chi connectivity index (χ4v) is 4.69. The van der Waals surface area contributed by atoms with Crippen LogP contribution in [0.3, 0.4) is 0 Å². The van der Waals surface area contributed by atoms with Crippen LogP contribution in [-0.2, 0) is 10.0 Å². The zero-order chi connectivity index (χ0) is 23.1. The molecule has 164 valence electrons. The van der Waals surface area contributed by atoms with Gasteiger partial charge in [-0.25, -0.2) is 26.0 Å². The van der Waals surface area contributed by atoms with Crippen molar-refractivity contribution < 1.29 is 26.0 Å². The van der Waals surface area contributed by atoms with Crippen molar-refractivity contribution in [3.05, 3.63) is 76.9 Å². The summed E-state index contributed by atoms with van der Waals surface area (Å²) in [7, 11) is -0.813. The van der Waals surface area contributed by atoms with E-state index in [9.17, 15) is 26.0 Å². The van der Waals surface area contributed by atoms with E-state index in [2.05, 4.69) is 0 Å². The predicted molar refractivity (Wildman–Crippen MR) is 113 cm³/mol. The summed E-state index contributed by atoms with van der Waals surface area (Å²) in [5.74, 6) is -7.66. The van der Waals surface area contributed by atoms with Crippen molar-refractivity contribution in [3.63, 3.8) is 0 Å². The van der Waals surface area contributed by atoms with E-state index in [0.717, 1.165) is 5.69 Å². The van der Waals surface area contributed by atoms with Crippen molar-refractivity contribution in [2.24, 2.45) is 0 Å². The summed E-state index contributed by atoms with van der Waals surface area (Å²) in [5, 5.41) is 0. The average molecular weight is 452 g/mol. The SMILES string of the molecule is Cc1cc(-c2c(F)c(F)c(F)c(F)c2NS(=O)(=O)c2ccccc2)cc(C)c1N(C)C. The summed E-state index contributed by atoms with van der Waals surface area (Å²) >= 11 is 0. The van der Waals surface area contributed by atoms with Crippen LogP contribution < -0.4 is 9.62 Å². The van der Waals surface area contributed by atoms with Gasteiger partial charge >= 0.3 is 0 Å². The fourth-order valence-electron chi connectivity index (χ4n) is 3.60. The van der Waals surface area contributed by atoms with E-state index >= 15 is 0 Å². The molecule has 4 nitrogen and oxygen atoms in total. The molecule has 0 saturated carbocycles. The zero-order valence-corrected chi connectivity index (χ0v) is 18.0. The molecular formula is C22H20F4N2O2S. The molecule has 31 heavy (non-hydrogen) atoms. The largest absolute Gasteiger partial charge is 0.377 e. The Labute approximate surface area is 178 Å². The van der Waals surface area contributed by atoms with Crippen LogP contribution in [0, 0.1) is 37.1 Å². The first-order valence-corrected chi connectivity index (χ1v) is 10.7. The number of hydrogen-bond acceptors (Lipinski definition) is 3. The Balaban J connectivity index is 2.30. The second-order valence-electron chi connectivity index (χ2n) is 7.28. The molecule has 3 aromatic carbocycles. The first-order valence-electron chi connectivity index (χ1n) is 9.18. The van der Waals surface area contributed by atoms with E-state index in [1.54, 1.807) is 34.0 Å². The molecule has 0 aliphatic heterocycles. The van der Waals surface area contributed by atoms with Crippen LogP contribution in [0.4, 0.5) is 28.9 Å². The van der Waals surface area contributed by atoms with Gasteiger partial charge in [-0.15, -0.1) is 0 Å². The topological polar surface area (TPSA) is 49.4 Å². The number of anilines is 2. The Morgan fingerprint density at radius 1 is 0.806 bits per heavy atom. The van der Waals surface area contributed by atoms with Crippen LogP contribution in [0.2, 0.25) is 0 Å². The van der Waals surface area contributed by atoms with Crippen LogP contribution in [0.5, 0.6) is 0 Å². The number of rotatable bonds is 5. The third kappa shape index (κ3) is 4.10. The number of nitrogens with zero attached hydrogens (tertiary/aromatic N) is 1. The molecule has 0 heterocycles. The lowest BCUT2D eigenvalue weighted by atomic mass is 9.96. The standard InChI is InChI=1S/C22H20F4N2O2S/c1-12-10-14(11-13(2)22(12)28(3)4)16-17(23)18(24)19(25)20(26)21(16)27-31(29,30)15-8-6-5-7-9-15/h5-11,27H,1-4H3. The van der Waals surface area contributed by atoms with Crippen LogP contribution in [0.15, 0.2) is 47.4 Å². The van der Waals surface area contributed by atoms with Gasteiger partial charge in [0, 0.05) is 25.3 Å². The molecule has 1 N–H and O–H groups in total. The van der Waals surface area contributed by atoms with E-state index in [-0.39, 0.29) is 10.5 Å². The summed E-state index contributed by atoms with van der Waals surface area (Å²) in [6.45, 7) is 3.43. The maximum Gasteiger partial charge on any atom is 0.262 e. The molecule has 0 unspecified atom stereocenters. The number of sulfonamides is 1. The Hall–Kier alpha value is -3.07. The lowest BCUT2D eigenvalue weighted by molar-refractivity contribution is 0.413. The average Bonchev–Trinajstić information content (AvgIpc) is 2.70. The first kappa shape index (κ1) is 22.6. The van der Waals surface area contributed by atoms with E-state index < -0.39 is 44.5 Å². The van der Waals surface area contributed by atoms with Gasteiger partial charge in [-0.05, 0) is 54.8 Å². The quantitative estimate of drug-likeness (QED) is 0.321. The van der Waals surface area contributed by atoms with Crippen LogP contribution in [-0.4, -0.2) is 22.5 Å². The summed E-state index contributed by atoms with van der Waals surface area (Å²) < 4.78 is 85.0. The number of aryl methyl sites for hydroxylation is 2. The number of nitrogens with one attached hydrogen (secondary N) is 1. The molecule has 0 aliphatic rings. The van der Waals surface area contributed by atoms with Crippen LogP contribution in [0.1, 0.15) is 11.1 Å². The zero-order valence-electron chi connectivity index (χ0n) is 17.2. The van der Waals surface area contributed by atoms with Crippen molar-refractivity contribution in [1.82, 2.24) is 0 Å². The lowest BCUT2D eigenvalue weighted by Gasteiger charge is -2.21. The molecular weight excluding hydrogens is 432 g/mol. The molecule has 3 rings (SSSR count). The van der Waals surface area contributed by atoms with Gasteiger partial charge in [0.2, 0.25) is 0 Å². The molecule has 0 radical (unpaired) electrons. The fraction of sp³-hybridized carbons (Fsp3) is 0.182. The minimum Gasteiger partial charge on any atom is -0.377 e. The van der Waals surface area contributed by atoms with E-state index in [1.807, 2.05) is 9.62 Å². The smallest absolute Gasteiger partial charge is 0.262 e. The molecule has 0 saturated heterocycles. The van der Waals surface area contributed by atoms with Crippen molar-refractivity contribution in [3.8, 4) is 11.1 Å². The molecule has 0 bridgehead atoms. The molecule has 0 amide bonds. The highest BCUT2D eigenvalue weighted by atomic mass is 32.2. The van der Waals surface area contributed by atoms with Gasteiger partial charge in [0.15, 0.2) is 23.3 Å². The van der Waals surface area contributed by atoms with E-state index in [0.29, 0.717) is 11.1 Å². The number of hydrogen-bond donors (Lipinski definition) is 1. The highest BCUT2D eigenvalue weighted by molar-refractivity contribution is 7.92. The summed E-state index contributed by atoms with van der Waals surface area (Å²) in [4.78, 5) is 1.57. The minimum atomic E-state index is -4.41. The molecule has 0 atom stereocenters. The van der Waals surface area contributed by atoms with E-state index in [4.69, 9.17) is 0 Å². The van der Waals surface area contributed by atoms with Crippen molar-refractivity contribution in [1.29, 1.82) is 0 Å². The Morgan fingerprint density at radius 3 is 1.84 bits per heavy atom. The Kier molecular flexibility index (Phi) is 6.00. The number of halogens is 4. The third-order valence-electron chi connectivity index (χ3n) is 4.78. The number of benzene rings is 3. The van der Waals surface area contributed by atoms with Crippen molar-refractivity contribution in [2.75, 3.05) is 23.7 Å². The van der Waals surface area contributed by atoms with Gasteiger partial charge < -0.3 is 4.90 Å². The molecule has 0 fully saturated rings. The van der Waals surface area contributed by atoms with E-state index in [1.165, 1.54) is 36.4 Å². The van der Waals surface area contributed by atoms with Crippen LogP contribution >= 0.6 is 0 Å². The van der Waals surface area contributed by atoms with Gasteiger partial charge in [0.1, 0.15) is 0 Å². The summed E-state index contributed by atoms with van der Waals surface area (Å²) in [6.07, 6.45) is 0. The van der Waals surface area contributed by atoms with Crippen molar-refractivity contribution in [2.45, 2.75) is 18.7 Å².